The van der Waals surface area contributed by atoms with Crippen LogP contribution in [-0.4, -0.2) is 53.7 Å². The van der Waals surface area contributed by atoms with Crippen LogP contribution in [0.15, 0.2) is 48.5 Å². The zero-order valence-corrected chi connectivity index (χ0v) is 19.3. The van der Waals surface area contributed by atoms with E-state index in [1.807, 2.05) is 24.3 Å². The third-order valence-electron chi connectivity index (χ3n) is 7.80. The summed E-state index contributed by atoms with van der Waals surface area (Å²) in [5, 5.41) is 12.1. The molecule has 2 aliphatic carbocycles. The van der Waals surface area contributed by atoms with E-state index in [0.29, 0.717) is 13.1 Å². The second-order valence-electron chi connectivity index (χ2n) is 9.74. The number of hydrogen-bond donors (Lipinski definition) is 2. The molecule has 0 bridgehead atoms. The predicted molar refractivity (Wildman–Crippen MR) is 126 cm³/mol. The SMILES string of the molecule is CC(C(=O)O)C1CN(C(=O)C2CCCC2NC(=O)OCC2c3ccccc3-c3ccccc32)C1. The molecule has 5 rings (SSSR count). The molecule has 3 atom stereocenters. The number of carbonyl (C=O) groups is 3. The molecular weight excluding hydrogens is 432 g/mol. The summed E-state index contributed by atoms with van der Waals surface area (Å²) in [6, 6.07) is 16.2. The maximum absolute atomic E-state index is 13.0. The average Bonchev–Trinajstić information content (AvgIpc) is 3.39. The van der Waals surface area contributed by atoms with Crippen molar-refractivity contribution in [3.63, 3.8) is 0 Å². The predicted octanol–water partition coefficient (Wildman–Crippen LogP) is 3.87. The zero-order chi connectivity index (χ0) is 23.8. The molecule has 7 heteroatoms. The van der Waals surface area contributed by atoms with Crippen molar-refractivity contribution in [2.45, 2.75) is 38.1 Å². The van der Waals surface area contributed by atoms with Gasteiger partial charge in [0.05, 0.1) is 11.8 Å². The third-order valence-corrected chi connectivity index (χ3v) is 7.80. The van der Waals surface area contributed by atoms with Gasteiger partial charge in [-0.1, -0.05) is 61.9 Å². The van der Waals surface area contributed by atoms with E-state index in [2.05, 4.69) is 29.6 Å². The van der Waals surface area contributed by atoms with Crippen molar-refractivity contribution in [1.82, 2.24) is 10.2 Å². The number of aliphatic carboxylic acids is 1. The first-order valence-corrected chi connectivity index (χ1v) is 12.1. The Hall–Kier alpha value is -3.35. The molecule has 2 aromatic carbocycles. The van der Waals surface area contributed by atoms with E-state index >= 15 is 0 Å². The largest absolute Gasteiger partial charge is 0.481 e. The number of hydrogen-bond acceptors (Lipinski definition) is 4. The second-order valence-corrected chi connectivity index (χ2v) is 9.74. The van der Waals surface area contributed by atoms with Crippen LogP contribution in [0.5, 0.6) is 0 Å². The first-order chi connectivity index (χ1) is 16.4. The van der Waals surface area contributed by atoms with Gasteiger partial charge in [0.25, 0.3) is 0 Å². The maximum atomic E-state index is 13.0. The fourth-order valence-electron chi connectivity index (χ4n) is 5.66. The lowest BCUT2D eigenvalue weighted by molar-refractivity contribution is -0.152. The third kappa shape index (κ3) is 4.04. The van der Waals surface area contributed by atoms with Gasteiger partial charge in [-0.2, -0.15) is 0 Å². The Morgan fingerprint density at radius 2 is 1.65 bits per heavy atom. The standard InChI is InChI=1S/C27H30N2O5/c1-16(26(31)32)17-13-29(14-17)25(30)22-11-6-12-24(22)28-27(33)34-15-23-20-9-4-2-7-18(20)19-8-3-5-10-21(19)23/h2-5,7-10,16-17,22-24H,6,11-15H2,1H3,(H,28,33)(H,31,32). The topological polar surface area (TPSA) is 95.9 Å². The van der Waals surface area contributed by atoms with Crippen molar-refractivity contribution in [2.75, 3.05) is 19.7 Å². The number of ether oxygens (including phenoxy) is 1. The van der Waals surface area contributed by atoms with Crippen molar-refractivity contribution >= 4 is 18.0 Å². The van der Waals surface area contributed by atoms with E-state index in [9.17, 15) is 14.4 Å². The Labute approximate surface area is 199 Å². The minimum Gasteiger partial charge on any atom is -0.481 e. The number of fused-ring (bicyclic) bond motifs is 3. The molecule has 1 heterocycles. The Kier molecular flexibility index (Phi) is 6.02. The van der Waals surface area contributed by atoms with Crippen molar-refractivity contribution in [2.24, 2.45) is 17.8 Å². The normalized spacial score (nSPS) is 22.4. The van der Waals surface area contributed by atoms with Gasteiger partial charge in [-0.15, -0.1) is 0 Å². The van der Waals surface area contributed by atoms with Gasteiger partial charge >= 0.3 is 12.1 Å². The van der Waals surface area contributed by atoms with Gasteiger partial charge in [0.15, 0.2) is 0 Å². The highest BCUT2D eigenvalue weighted by atomic mass is 16.5. The lowest BCUT2D eigenvalue weighted by Crippen LogP contribution is -2.57. The van der Waals surface area contributed by atoms with Crippen molar-refractivity contribution < 1.29 is 24.2 Å². The lowest BCUT2D eigenvalue weighted by atomic mass is 9.85. The summed E-state index contributed by atoms with van der Waals surface area (Å²) < 4.78 is 5.67. The Bertz CT molecular complexity index is 1060. The maximum Gasteiger partial charge on any atom is 0.407 e. The van der Waals surface area contributed by atoms with Gasteiger partial charge < -0.3 is 20.1 Å². The second kappa shape index (κ2) is 9.12. The molecule has 0 radical (unpaired) electrons. The van der Waals surface area contributed by atoms with Gasteiger partial charge in [-0.25, -0.2) is 4.79 Å². The number of alkyl carbamates (subject to hydrolysis) is 1. The lowest BCUT2D eigenvalue weighted by Gasteiger charge is -2.43. The number of carboxylic acid groups (broad SMARTS) is 1. The average molecular weight is 463 g/mol. The molecule has 1 saturated carbocycles. The molecule has 2 fully saturated rings. The number of rotatable bonds is 6. The molecule has 2 amide bonds. The van der Waals surface area contributed by atoms with Gasteiger partial charge in [0.1, 0.15) is 6.61 Å². The summed E-state index contributed by atoms with van der Waals surface area (Å²) in [5.41, 5.74) is 4.68. The van der Waals surface area contributed by atoms with E-state index in [4.69, 9.17) is 9.84 Å². The number of nitrogens with zero attached hydrogens (tertiary/aromatic N) is 1. The Morgan fingerprint density at radius 1 is 1.03 bits per heavy atom. The van der Waals surface area contributed by atoms with E-state index in [-0.39, 0.29) is 36.3 Å². The molecule has 7 nitrogen and oxygen atoms in total. The molecule has 0 spiro atoms. The number of carbonyl (C=O) groups excluding carboxylic acids is 2. The van der Waals surface area contributed by atoms with Crippen molar-refractivity contribution in [3.8, 4) is 11.1 Å². The fourth-order valence-corrected chi connectivity index (χ4v) is 5.66. The first kappa shape index (κ1) is 22.4. The van der Waals surface area contributed by atoms with Crippen molar-refractivity contribution in [3.05, 3.63) is 59.7 Å². The minimum atomic E-state index is -0.826. The molecule has 34 heavy (non-hydrogen) atoms. The number of benzene rings is 2. The summed E-state index contributed by atoms with van der Waals surface area (Å²) in [6.07, 6.45) is 1.84. The quantitative estimate of drug-likeness (QED) is 0.679. The molecule has 2 N–H and O–H groups in total. The van der Waals surface area contributed by atoms with Crippen LogP contribution in [0.2, 0.25) is 0 Å². The van der Waals surface area contributed by atoms with Gasteiger partial charge in [-0.05, 0) is 35.1 Å². The first-order valence-electron chi connectivity index (χ1n) is 12.1. The van der Waals surface area contributed by atoms with E-state index in [1.165, 1.54) is 11.1 Å². The monoisotopic (exact) mass is 462 g/mol. The highest BCUT2D eigenvalue weighted by molar-refractivity contribution is 5.82. The van der Waals surface area contributed by atoms with Crippen molar-refractivity contribution in [1.29, 1.82) is 0 Å². The van der Waals surface area contributed by atoms with E-state index < -0.39 is 18.0 Å². The smallest absolute Gasteiger partial charge is 0.407 e. The molecule has 178 valence electrons. The summed E-state index contributed by atoms with van der Waals surface area (Å²) in [6.45, 7) is 2.87. The Balaban J connectivity index is 1.17. The van der Waals surface area contributed by atoms with E-state index in [0.717, 1.165) is 30.4 Å². The van der Waals surface area contributed by atoms with Crippen LogP contribution >= 0.6 is 0 Å². The summed E-state index contributed by atoms with van der Waals surface area (Å²) >= 11 is 0. The Morgan fingerprint density at radius 3 is 2.26 bits per heavy atom. The highest BCUT2D eigenvalue weighted by Gasteiger charge is 2.43. The van der Waals surface area contributed by atoms with Crippen LogP contribution in [0.1, 0.15) is 43.2 Å². The number of likely N-dealkylation sites (tertiary alicyclic amines) is 1. The summed E-state index contributed by atoms with van der Waals surface area (Å²) in [5.74, 6) is -1.56. The van der Waals surface area contributed by atoms with Gasteiger partial charge in [-0.3, -0.25) is 9.59 Å². The molecular formula is C27H30N2O5. The van der Waals surface area contributed by atoms with Gasteiger partial charge in [0, 0.05) is 31.0 Å². The van der Waals surface area contributed by atoms with E-state index in [1.54, 1.807) is 11.8 Å². The number of amides is 2. The fraction of sp³-hybridized carbons (Fsp3) is 0.444. The molecule has 0 aromatic heterocycles. The van der Waals surface area contributed by atoms with Crippen LogP contribution in [-0.2, 0) is 14.3 Å². The zero-order valence-electron chi connectivity index (χ0n) is 19.3. The van der Waals surface area contributed by atoms with Crippen LogP contribution in [0.3, 0.4) is 0 Å². The minimum absolute atomic E-state index is 0.00334. The number of nitrogens with one attached hydrogen (secondary N) is 1. The molecule has 1 saturated heterocycles. The molecule has 2 aromatic rings. The van der Waals surface area contributed by atoms with Crippen LogP contribution in [0.4, 0.5) is 4.79 Å². The molecule has 3 aliphatic rings. The summed E-state index contributed by atoms with van der Waals surface area (Å²) in [4.78, 5) is 38.6. The van der Waals surface area contributed by atoms with Crippen LogP contribution in [0.25, 0.3) is 11.1 Å². The van der Waals surface area contributed by atoms with Gasteiger partial charge in [0.2, 0.25) is 5.91 Å². The van der Waals surface area contributed by atoms with Crippen LogP contribution in [0, 0.1) is 17.8 Å². The molecule has 3 unspecified atom stereocenters. The van der Waals surface area contributed by atoms with Crippen LogP contribution < -0.4 is 5.32 Å². The molecule has 1 aliphatic heterocycles. The number of carboxylic acids is 1. The highest BCUT2D eigenvalue weighted by Crippen LogP contribution is 2.44. The summed E-state index contributed by atoms with van der Waals surface area (Å²) in [7, 11) is 0.